The highest BCUT2D eigenvalue weighted by Gasteiger charge is 2.31. The topological polar surface area (TPSA) is 101 Å². The molecule has 120 valence electrons. The van der Waals surface area contributed by atoms with Gasteiger partial charge in [0, 0.05) is 6.54 Å². The van der Waals surface area contributed by atoms with Gasteiger partial charge in [0.25, 0.3) is 5.91 Å². The van der Waals surface area contributed by atoms with E-state index in [1.165, 1.54) is 0 Å². The van der Waals surface area contributed by atoms with E-state index >= 15 is 0 Å². The molecule has 1 aromatic carbocycles. The first kappa shape index (κ1) is 15.0. The van der Waals surface area contributed by atoms with Crippen LogP contribution in [-0.2, 0) is 0 Å². The van der Waals surface area contributed by atoms with Gasteiger partial charge in [-0.05, 0) is 25.0 Å². The minimum absolute atomic E-state index is 0.0876. The van der Waals surface area contributed by atoms with Crippen LogP contribution in [0, 0.1) is 10.1 Å². The second-order valence-electron chi connectivity index (χ2n) is 5.33. The molecule has 0 radical (unpaired) electrons. The Morgan fingerprint density at radius 3 is 2.91 bits per heavy atom. The first-order valence-electron chi connectivity index (χ1n) is 7.34. The van der Waals surface area contributed by atoms with E-state index in [4.69, 9.17) is 4.74 Å². The summed E-state index contributed by atoms with van der Waals surface area (Å²) in [5.41, 5.74) is -0.392. The number of ether oxygens (including phenoxy) is 1. The van der Waals surface area contributed by atoms with Gasteiger partial charge in [0.1, 0.15) is 18.1 Å². The van der Waals surface area contributed by atoms with Crippen molar-refractivity contribution in [2.75, 3.05) is 13.1 Å². The number of carbonyl (C=O) groups excluding carboxylic acids is 1. The monoisotopic (exact) mass is 316 g/mol. The van der Waals surface area contributed by atoms with Crippen molar-refractivity contribution in [1.29, 1.82) is 0 Å². The quantitative estimate of drug-likeness (QED) is 0.686. The Labute approximate surface area is 132 Å². The zero-order valence-corrected chi connectivity index (χ0v) is 12.3. The molecule has 8 nitrogen and oxygen atoms in total. The number of nitrogens with one attached hydrogen (secondary N) is 1. The lowest BCUT2D eigenvalue weighted by molar-refractivity contribution is -0.385. The number of benzene rings is 1. The fourth-order valence-corrected chi connectivity index (χ4v) is 2.64. The molecule has 1 N–H and O–H groups in total. The van der Waals surface area contributed by atoms with Crippen LogP contribution in [0.2, 0.25) is 0 Å². The maximum Gasteiger partial charge on any atom is 0.319 e. The van der Waals surface area contributed by atoms with Crippen molar-refractivity contribution in [3.8, 4) is 5.75 Å². The van der Waals surface area contributed by atoms with Gasteiger partial charge < -0.3 is 9.64 Å². The van der Waals surface area contributed by atoms with Crippen LogP contribution in [0.3, 0.4) is 0 Å². The summed E-state index contributed by atoms with van der Waals surface area (Å²) in [6.45, 7) is 0.938. The Morgan fingerprint density at radius 1 is 1.39 bits per heavy atom. The lowest BCUT2D eigenvalue weighted by Crippen LogP contribution is -2.44. The van der Waals surface area contributed by atoms with Gasteiger partial charge in [0.05, 0.1) is 11.5 Å². The summed E-state index contributed by atoms with van der Waals surface area (Å²) in [4.78, 5) is 24.4. The van der Waals surface area contributed by atoms with Crippen molar-refractivity contribution in [3.05, 3.63) is 52.3 Å². The Kier molecular flexibility index (Phi) is 4.22. The molecular formula is C15H16N4O4. The molecule has 0 bridgehead atoms. The van der Waals surface area contributed by atoms with Gasteiger partial charge in [-0.2, -0.15) is 5.10 Å². The van der Waals surface area contributed by atoms with E-state index in [-0.39, 0.29) is 17.5 Å². The maximum absolute atomic E-state index is 12.5. The lowest BCUT2D eigenvalue weighted by Gasteiger charge is -2.32. The molecule has 23 heavy (non-hydrogen) atoms. The molecule has 0 aliphatic carbocycles. The van der Waals surface area contributed by atoms with Crippen LogP contribution in [0.1, 0.15) is 23.3 Å². The van der Waals surface area contributed by atoms with Gasteiger partial charge >= 0.3 is 5.69 Å². The van der Waals surface area contributed by atoms with Crippen molar-refractivity contribution in [3.63, 3.8) is 0 Å². The van der Waals surface area contributed by atoms with Gasteiger partial charge in [-0.15, -0.1) is 0 Å². The number of hydrogen-bond acceptors (Lipinski definition) is 5. The molecule has 1 amide bonds. The van der Waals surface area contributed by atoms with Crippen LogP contribution in [0.15, 0.2) is 36.5 Å². The third-order valence-electron chi connectivity index (χ3n) is 3.74. The first-order chi connectivity index (χ1) is 11.1. The third-order valence-corrected chi connectivity index (χ3v) is 3.74. The molecule has 0 unspecified atom stereocenters. The molecule has 1 fully saturated rings. The molecule has 1 aliphatic heterocycles. The number of carbonyl (C=O) groups is 1. The molecule has 2 aromatic rings. The molecule has 2 heterocycles. The van der Waals surface area contributed by atoms with E-state index in [1.807, 2.05) is 30.3 Å². The highest BCUT2D eigenvalue weighted by atomic mass is 16.6. The summed E-state index contributed by atoms with van der Waals surface area (Å²) in [6, 6.07) is 9.39. The van der Waals surface area contributed by atoms with E-state index in [2.05, 4.69) is 10.2 Å². The van der Waals surface area contributed by atoms with Crippen LogP contribution in [0.4, 0.5) is 5.69 Å². The molecule has 1 atom stereocenters. The number of hydrogen-bond donors (Lipinski definition) is 1. The number of H-pyrrole nitrogens is 1. The van der Waals surface area contributed by atoms with Gasteiger partial charge in [-0.25, -0.2) is 0 Å². The molecular weight excluding hydrogens is 300 g/mol. The summed E-state index contributed by atoms with van der Waals surface area (Å²) >= 11 is 0. The minimum atomic E-state index is -0.612. The first-order valence-corrected chi connectivity index (χ1v) is 7.34. The number of piperidine rings is 1. The fourth-order valence-electron chi connectivity index (χ4n) is 2.64. The lowest BCUT2D eigenvalue weighted by atomic mass is 10.1. The van der Waals surface area contributed by atoms with E-state index in [0.29, 0.717) is 13.1 Å². The second kappa shape index (κ2) is 6.47. The van der Waals surface area contributed by atoms with Crippen molar-refractivity contribution in [1.82, 2.24) is 15.1 Å². The minimum Gasteiger partial charge on any atom is -0.489 e. The summed E-state index contributed by atoms with van der Waals surface area (Å²) < 4.78 is 5.88. The number of nitro groups is 1. The van der Waals surface area contributed by atoms with Crippen LogP contribution < -0.4 is 4.74 Å². The SMILES string of the molecule is O=C(c1[nH]ncc1[N+](=O)[O-])N1CCC[C@H](Oc2ccccc2)C1. The zero-order chi connectivity index (χ0) is 16.2. The van der Waals surface area contributed by atoms with Gasteiger partial charge in [0.2, 0.25) is 5.69 Å². The standard InChI is InChI=1S/C15H16N4O4/c20-15(14-13(19(21)22)9-16-17-14)18-8-4-7-12(10-18)23-11-5-2-1-3-6-11/h1-3,5-6,9,12H,4,7-8,10H2,(H,16,17)/t12-/m0/s1. The molecule has 0 spiro atoms. The summed E-state index contributed by atoms with van der Waals surface area (Å²) in [5.74, 6) is 0.329. The Bertz CT molecular complexity index is 701. The molecule has 3 rings (SSSR count). The summed E-state index contributed by atoms with van der Waals surface area (Å²) in [5, 5.41) is 17.0. The smallest absolute Gasteiger partial charge is 0.319 e. The Hall–Kier alpha value is -2.90. The van der Waals surface area contributed by atoms with Crippen LogP contribution in [-0.4, -0.2) is 45.1 Å². The van der Waals surface area contributed by atoms with E-state index in [9.17, 15) is 14.9 Å². The number of rotatable bonds is 4. The number of amides is 1. The molecule has 1 aromatic heterocycles. The molecule has 0 saturated carbocycles. The van der Waals surface area contributed by atoms with Crippen molar-refractivity contribution in [2.24, 2.45) is 0 Å². The highest BCUT2D eigenvalue weighted by Crippen LogP contribution is 2.22. The highest BCUT2D eigenvalue weighted by molar-refractivity contribution is 5.96. The Morgan fingerprint density at radius 2 is 2.17 bits per heavy atom. The van der Waals surface area contributed by atoms with Crippen LogP contribution in [0.25, 0.3) is 0 Å². The van der Waals surface area contributed by atoms with Crippen molar-refractivity contribution >= 4 is 11.6 Å². The third kappa shape index (κ3) is 3.31. The van der Waals surface area contributed by atoms with Crippen molar-refractivity contribution in [2.45, 2.75) is 18.9 Å². The predicted octanol–water partition coefficient (Wildman–Crippen LogP) is 2.00. The average Bonchev–Trinajstić information content (AvgIpc) is 3.05. The number of aromatic nitrogens is 2. The zero-order valence-electron chi connectivity index (χ0n) is 12.3. The molecule has 1 saturated heterocycles. The van der Waals surface area contributed by atoms with Crippen molar-refractivity contribution < 1.29 is 14.5 Å². The van der Waals surface area contributed by atoms with Gasteiger partial charge in [-0.1, -0.05) is 18.2 Å². The molecule has 8 heteroatoms. The van der Waals surface area contributed by atoms with E-state index in [0.717, 1.165) is 24.8 Å². The van der Waals surface area contributed by atoms with Gasteiger partial charge in [-0.3, -0.25) is 20.0 Å². The second-order valence-corrected chi connectivity index (χ2v) is 5.33. The summed E-state index contributed by atoms with van der Waals surface area (Å²) in [7, 11) is 0. The molecule has 1 aliphatic rings. The summed E-state index contributed by atoms with van der Waals surface area (Å²) in [6.07, 6.45) is 2.54. The maximum atomic E-state index is 12.5. The number of likely N-dealkylation sites (tertiary alicyclic amines) is 1. The number of para-hydroxylation sites is 1. The average molecular weight is 316 g/mol. The van der Waals surface area contributed by atoms with E-state index < -0.39 is 10.8 Å². The number of aromatic amines is 1. The fraction of sp³-hybridized carbons (Fsp3) is 0.333. The van der Waals surface area contributed by atoms with E-state index in [1.54, 1.807) is 4.90 Å². The largest absolute Gasteiger partial charge is 0.489 e. The normalized spacial score (nSPS) is 17.7. The van der Waals surface area contributed by atoms with Gasteiger partial charge in [0.15, 0.2) is 0 Å². The predicted molar refractivity (Wildman–Crippen MR) is 81.2 cm³/mol. The Balaban J connectivity index is 1.69. The van der Waals surface area contributed by atoms with Crippen LogP contribution >= 0.6 is 0 Å². The number of nitrogens with zero attached hydrogens (tertiary/aromatic N) is 3. The van der Waals surface area contributed by atoms with Crippen LogP contribution in [0.5, 0.6) is 5.75 Å².